The van der Waals surface area contributed by atoms with Gasteiger partial charge in [-0.15, -0.1) is 11.3 Å². The molecule has 0 unspecified atom stereocenters. The molecule has 0 aliphatic carbocycles. The average molecular weight is 437 g/mol. The van der Waals surface area contributed by atoms with E-state index in [1.807, 2.05) is 18.2 Å². The van der Waals surface area contributed by atoms with Crippen molar-refractivity contribution in [2.75, 3.05) is 26.2 Å². The van der Waals surface area contributed by atoms with Crippen LogP contribution in [0.15, 0.2) is 30.3 Å². The molecule has 1 fully saturated rings. The Morgan fingerprint density at radius 2 is 2.00 bits per heavy atom. The molecule has 0 amide bonds. The highest BCUT2D eigenvalue weighted by Gasteiger charge is 2.27. The summed E-state index contributed by atoms with van der Waals surface area (Å²) in [5, 5.41) is 3.34. The number of nitrogens with zero attached hydrogens (tertiary/aromatic N) is 1. The number of hydrogen-bond donors (Lipinski definition) is 1. The molecular formula is C15H15ClFIN2S. The summed E-state index contributed by atoms with van der Waals surface area (Å²) >= 11 is 9.86. The van der Waals surface area contributed by atoms with E-state index in [9.17, 15) is 4.39 Å². The highest BCUT2D eigenvalue weighted by molar-refractivity contribution is 14.1. The zero-order valence-electron chi connectivity index (χ0n) is 11.3. The first-order chi connectivity index (χ1) is 10.1. The second kappa shape index (κ2) is 6.91. The molecule has 21 heavy (non-hydrogen) atoms. The summed E-state index contributed by atoms with van der Waals surface area (Å²) < 4.78 is 16.2. The molecule has 2 nitrogen and oxygen atoms in total. The predicted octanol–water partition coefficient (Wildman–Crippen LogP) is 4.14. The summed E-state index contributed by atoms with van der Waals surface area (Å²) in [7, 11) is 0. The van der Waals surface area contributed by atoms with E-state index in [0.29, 0.717) is 0 Å². The van der Waals surface area contributed by atoms with Crippen LogP contribution in [-0.2, 0) is 0 Å². The third-order valence-electron chi connectivity index (χ3n) is 3.63. The molecule has 6 heteroatoms. The normalized spacial score (nSPS) is 17.9. The van der Waals surface area contributed by atoms with Gasteiger partial charge in [-0.05, 0) is 52.9 Å². The van der Waals surface area contributed by atoms with Gasteiger partial charge in [-0.3, -0.25) is 4.90 Å². The van der Waals surface area contributed by atoms with Crippen LogP contribution in [0.3, 0.4) is 0 Å². The molecular weight excluding hydrogens is 422 g/mol. The van der Waals surface area contributed by atoms with E-state index in [0.717, 1.165) is 44.5 Å². The van der Waals surface area contributed by atoms with Crippen molar-refractivity contribution in [3.05, 3.63) is 54.5 Å². The summed E-state index contributed by atoms with van der Waals surface area (Å²) in [5.41, 5.74) is 0.738. The number of benzene rings is 1. The summed E-state index contributed by atoms with van der Waals surface area (Å²) in [5.74, 6) is -0.150. The van der Waals surface area contributed by atoms with Crippen LogP contribution in [0.25, 0.3) is 0 Å². The van der Waals surface area contributed by atoms with Crippen molar-refractivity contribution in [2.45, 2.75) is 6.04 Å². The van der Waals surface area contributed by atoms with Crippen LogP contribution in [0.5, 0.6) is 0 Å². The molecule has 1 saturated heterocycles. The number of halogens is 3. The van der Waals surface area contributed by atoms with E-state index < -0.39 is 0 Å². The molecule has 1 aromatic heterocycles. The zero-order chi connectivity index (χ0) is 14.8. The lowest BCUT2D eigenvalue weighted by molar-refractivity contribution is 0.197. The highest BCUT2D eigenvalue weighted by atomic mass is 127. The maximum absolute atomic E-state index is 14.4. The lowest BCUT2D eigenvalue weighted by Gasteiger charge is -2.35. The molecule has 0 spiro atoms. The van der Waals surface area contributed by atoms with E-state index in [-0.39, 0.29) is 11.9 Å². The van der Waals surface area contributed by atoms with Crippen LogP contribution in [0.4, 0.5) is 4.39 Å². The smallest absolute Gasteiger partial charge is 0.128 e. The maximum atomic E-state index is 14.4. The van der Waals surface area contributed by atoms with E-state index in [1.165, 1.54) is 11.3 Å². The Bertz CT molecular complexity index is 628. The Kier molecular flexibility index (Phi) is 5.16. The van der Waals surface area contributed by atoms with Gasteiger partial charge in [0.05, 0.1) is 10.4 Å². The van der Waals surface area contributed by atoms with Crippen LogP contribution in [-0.4, -0.2) is 31.1 Å². The molecule has 2 heterocycles. The predicted molar refractivity (Wildman–Crippen MR) is 94.7 cm³/mol. The third-order valence-corrected chi connectivity index (χ3v) is 5.59. The third kappa shape index (κ3) is 3.59. The summed E-state index contributed by atoms with van der Waals surface area (Å²) in [6.45, 7) is 3.68. The first-order valence-corrected chi connectivity index (χ1v) is 9.07. The standard InChI is InChI=1S/C15H15ClFIN2S/c16-14-4-3-13(21-14)15(20-7-5-19-6-8-20)11-9-10(18)1-2-12(11)17/h1-4,9,15,19H,5-8H2/t15-/m0/s1. The monoisotopic (exact) mass is 436 g/mol. The Morgan fingerprint density at radius 3 is 2.67 bits per heavy atom. The largest absolute Gasteiger partial charge is 0.314 e. The van der Waals surface area contributed by atoms with Gasteiger partial charge >= 0.3 is 0 Å². The number of thiophene rings is 1. The van der Waals surface area contributed by atoms with Gasteiger partial charge in [0.1, 0.15) is 5.82 Å². The van der Waals surface area contributed by atoms with Crippen LogP contribution in [0.2, 0.25) is 4.34 Å². The summed E-state index contributed by atoms with van der Waals surface area (Å²) in [6, 6.07) is 9.15. The van der Waals surface area contributed by atoms with Crippen LogP contribution in [0.1, 0.15) is 16.5 Å². The minimum absolute atomic E-state index is 0.0562. The fraction of sp³-hybridized carbons (Fsp3) is 0.333. The van der Waals surface area contributed by atoms with Gasteiger partial charge in [-0.1, -0.05) is 11.6 Å². The quantitative estimate of drug-likeness (QED) is 0.728. The van der Waals surface area contributed by atoms with Crippen molar-refractivity contribution in [3.8, 4) is 0 Å². The van der Waals surface area contributed by atoms with Crippen LogP contribution in [0, 0.1) is 9.39 Å². The molecule has 1 atom stereocenters. The molecule has 0 bridgehead atoms. The van der Waals surface area contributed by atoms with Gasteiger partial charge in [0.15, 0.2) is 0 Å². The lowest BCUT2D eigenvalue weighted by atomic mass is 10.0. The average Bonchev–Trinajstić information content (AvgIpc) is 2.90. The Morgan fingerprint density at radius 1 is 1.24 bits per heavy atom. The second-order valence-corrected chi connectivity index (χ2v) is 7.99. The Hall–Kier alpha value is -0.210. The molecule has 0 radical (unpaired) electrons. The molecule has 3 rings (SSSR count). The van der Waals surface area contributed by atoms with E-state index in [4.69, 9.17) is 11.6 Å². The summed E-state index contributed by atoms with van der Waals surface area (Å²) in [6.07, 6.45) is 0. The van der Waals surface area contributed by atoms with Gasteiger partial charge in [0, 0.05) is 40.2 Å². The minimum atomic E-state index is -0.150. The van der Waals surface area contributed by atoms with Crippen LogP contribution >= 0.6 is 45.5 Å². The number of hydrogen-bond acceptors (Lipinski definition) is 3. The van der Waals surface area contributed by atoms with Crippen molar-refractivity contribution in [1.82, 2.24) is 10.2 Å². The van der Waals surface area contributed by atoms with Crippen molar-refractivity contribution >= 4 is 45.5 Å². The first-order valence-electron chi connectivity index (χ1n) is 6.80. The highest BCUT2D eigenvalue weighted by Crippen LogP contribution is 2.36. The lowest BCUT2D eigenvalue weighted by Crippen LogP contribution is -2.45. The minimum Gasteiger partial charge on any atom is -0.314 e. The topological polar surface area (TPSA) is 15.3 Å². The fourth-order valence-electron chi connectivity index (χ4n) is 2.67. The number of piperazine rings is 1. The molecule has 0 saturated carbocycles. The Labute approximate surface area is 146 Å². The molecule has 1 aromatic carbocycles. The fourth-order valence-corrected chi connectivity index (χ4v) is 4.40. The van der Waals surface area contributed by atoms with Gasteiger partial charge in [-0.2, -0.15) is 0 Å². The second-order valence-electron chi connectivity index (χ2n) is 5.00. The van der Waals surface area contributed by atoms with Crippen molar-refractivity contribution < 1.29 is 4.39 Å². The molecule has 2 aromatic rings. The maximum Gasteiger partial charge on any atom is 0.128 e. The molecule has 1 N–H and O–H groups in total. The zero-order valence-corrected chi connectivity index (χ0v) is 15.0. The number of nitrogens with one attached hydrogen (secondary N) is 1. The SMILES string of the molecule is Fc1ccc(I)cc1[C@@H](c1ccc(Cl)s1)N1CCNCC1. The van der Waals surface area contributed by atoms with E-state index in [1.54, 1.807) is 12.1 Å². The van der Waals surface area contributed by atoms with Gasteiger partial charge in [-0.25, -0.2) is 4.39 Å². The van der Waals surface area contributed by atoms with Crippen molar-refractivity contribution in [3.63, 3.8) is 0 Å². The van der Waals surface area contributed by atoms with Gasteiger partial charge in [0.25, 0.3) is 0 Å². The van der Waals surface area contributed by atoms with Gasteiger partial charge in [0.2, 0.25) is 0 Å². The first kappa shape index (κ1) is 15.7. The molecule has 112 valence electrons. The van der Waals surface area contributed by atoms with Crippen molar-refractivity contribution in [2.24, 2.45) is 0 Å². The summed E-state index contributed by atoms with van der Waals surface area (Å²) in [4.78, 5) is 3.43. The van der Waals surface area contributed by atoms with Gasteiger partial charge < -0.3 is 5.32 Å². The van der Waals surface area contributed by atoms with Crippen molar-refractivity contribution in [1.29, 1.82) is 0 Å². The molecule has 1 aliphatic rings. The van der Waals surface area contributed by atoms with E-state index >= 15 is 0 Å². The number of rotatable bonds is 3. The van der Waals surface area contributed by atoms with Crippen LogP contribution < -0.4 is 5.32 Å². The Balaban J connectivity index is 2.04. The molecule has 1 aliphatic heterocycles. The van der Waals surface area contributed by atoms with E-state index in [2.05, 4.69) is 32.8 Å².